The van der Waals surface area contributed by atoms with E-state index < -0.39 is 16.6 Å². The average molecular weight is 235 g/mol. The molecule has 0 aliphatic carbocycles. The Bertz CT molecular complexity index is 584. The Hall–Kier alpha value is -2.30. The summed E-state index contributed by atoms with van der Waals surface area (Å²) in [4.78, 5) is 9.99. The Kier molecular flexibility index (Phi) is 2.82. The van der Waals surface area contributed by atoms with Crippen LogP contribution in [0.4, 0.5) is 14.5 Å². The summed E-state index contributed by atoms with van der Waals surface area (Å²) in [7, 11) is 0. The van der Waals surface area contributed by atoms with Crippen molar-refractivity contribution >= 4 is 5.69 Å². The number of hydrogen-bond donors (Lipinski definition) is 0. The Morgan fingerprint density at radius 3 is 2.53 bits per heavy atom. The molecule has 0 bridgehead atoms. The number of hydrogen-bond acceptors (Lipinski definition) is 2. The minimum Gasteiger partial charge on any atom is -0.258 e. The first kappa shape index (κ1) is 11.2. The summed E-state index contributed by atoms with van der Waals surface area (Å²) in [5, 5.41) is 10.6. The number of rotatable bonds is 2. The van der Waals surface area contributed by atoms with Gasteiger partial charge in [0.25, 0.3) is 5.69 Å². The van der Waals surface area contributed by atoms with Gasteiger partial charge in [0.2, 0.25) is 0 Å². The largest absolute Gasteiger partial charge is 0.270 e. The van der Waals surface area contributed by atoms with Gasteiger partial charge in [-0.2, -0.15) is 0 Å². The molecule has 0 atom stereocenters. The zero-order valence-electron chi connectivity index (χ0n) is 8.56. The van der Waals surface area contributed by atoms with Gasteiger partial charge in [-0.05, 0) is 23.8 Å². The molecule has 0 amide bonds. The Labute approximate surface area is 95.5 Å². The topological polar surface area (TPSA) is 43.1 Å². The molecule has 0 aliphatic rings. The Balaban J connectivity index is 2.56. The van der Waals surface area contributed by atoms with Crippen LogP contribution in [0.25, 0.3) is 11.1 Å². The molecular formula is C12H7F2NO2. The molecule has 0 saturated heterocycles. The fourth-order valence-electron chi connectivity index (χ4n) is 1.51. The lowest BCUT2D eigenvalue weighted by Gasteiger charge is -2.03. The maximum absolute atomic E-state index is 13.5. The van der Waals surface area contributed by atoms with E-state index in [1.165, 1.54) is 24.3 Å². The highest BCUT2D eigenvalue weighted by Gasteiger charge is 2.10. The summed E-state index contributed by atoms with van der Waals surface area (Å²) in [6, 6.07) is 8.41. The van der Waals surface area contributed by atoms with E-state index in [0.717, 1.165) is 18.2 Å². The van der Waals surface area contributed by atoms with E-state index in [2.05, 4.69) is 0 Å². The van der Waals surface area contributed by atoms with Crippen LogP contribution in [0, 0.1) is 21.7 Å². The predicted molar refractivity (Wildman–Crippen MR) is 58.4 cm³/mol. The minimum absolute atomic E-state index is 0.00806. The van der Waals surface area contributed by atoms with Crippen molar-refractivity contribution < 1.29 is 13.7 Å². The zero-order valence-corrected chi connectivity index (χ0v) is 8.56. The van der Waals surface area contributed by atoms with Crippen LogP contribution in [0.3, 0.4) is 0 Å². The van der Waals surface area contributed by atoms with E-state index in [1.807, 2.05) is 0 Å². The molecule has 2 aromatic rings. The SMILES string of the molecule is O=[N+]([O-])c1cccc(-c2cc(F)ccc2F)c1. The molecule has 0 fully saturated rings. The molecule has 86 valence electrons. The molecule has 2 aromatic carbocycles. The predicted octanol–water partition coefficient (Wildman–Crippen LogP) is 3.54. The first-order valence-electron chi connectivity index (χ1n) is 4.78. The summed E-state index contributed by atoms with van der Waals surface area (Å²) < 4.78 is 26.4. The van der Waals surface area contributed by atoms with Gasteiger partial charge in [-0.15, -0.1) is 0 Å². The van der Waals surface area contributed by atoms with Crippen LogP contribution in [-0.4, -0.2) is 4.92 Å². The monoisotopic (exact) mass is 235 g/mol. The highest BCUT2D eigenvalue weighted by atomic mass is 19.1. The van der Waals surface area contributed by atoms with E-state index >= 15 is 0 Å². The second-order valence-electron chi connectivity index (χ2n) is 3.43. The van der Waals surface area contributed by atoms with Crippen molar-refractivity contribution in [3.8, 4) is 11.1 Å². The fraction of sp³-hybridized carbons (Fsp3) is 0. The fourth-order valence-corrected chi connectivity index (χ4v) is 1.51. The van der Waals surface area contributed by atoms with Crippen LogP contribution in [-0.2, 0) is 0 Å². The molecule has 0 aromatic heterocycles. The van der Waals surface area contributed by atoms with Crippen molar-refractivity contribution in [1.82, 2.24) is 0 Å². The first-order valence-corrected chi connectivity index (χ1v) is 4.78. The highest BCUT2D eigenvalue weighted by Crippen LogP contribution is 2.26. The van der Waals surface area contributed by atoms with Gasteiger partial charge < -0.3 is 0 Å². The molecular weight excluding hydrogens is 228 g/mol. The summed E-state index contributed by atoms with van der Waals surface area (Å²) in [5.74, 6) is -1.21. The Morgan fingerprint density at radius 1 is 1.06 bits per heavy atom. The van der Waals surface area contributed by atoms with Crippen LogP contribution in [0.2, 0.25) is 0 Å². The van der Waals surface area contributed by atoms with Gasteiger partial charge in [-0.3, -0.25) is 10.1 Å². The molecule has 0 N–H and O–H groups in total. The van der Waals surface area contributed by atoms with E-state index in [-0.39, 0.29) is 16.8 Å². The lowest BCUT2D eigenvalue weighted by molar-refractivity contribution is -0.384. The van der Waals surface area contributed by atoms with Crippen molar-refractivity contribution in [2.45, 2.75) is 0 Å². The van der Waals surface area contributed by atoms with Gasteiger partial charge in [-0.1, -0.05) is 12.1 Å². The average Bonchev–Trinajstić information content (AvgIpc) is 2.32. The van der Waals surface area contributed by atoms with Crippen molar-refractivity contribution in [1.29, 1.82) is 0 Å². The lowest BCUT2D eigenvalue weighted by Crippen LogP contribution is -1.90. The number of nitro groups is 1. The molecule has 0 radical (unpaired) electrons. The Morgan fingerprint density at radius 2 is 1.82 bits per heavy atom. The van der Waals surface area contributed by atoms with Crippen molar-refractivity contribution in [2.75, 3.05) is 0 Å². The molecule has 5 heteroatoms. The van der Waals surface area contributed by atoms with Crippen LogP contribution < -0.4 is 0 Å². The van der Waals surface area contributed by atoms with Crippen molar-refractivity contribution in [3.63, 3.8) is 0 Å². The third kappa shape index (κ3) is 2.28. The molecule has 0 unspecified atom stereocenters. The molecule has 17 heavy (non-hydrogen) atoms. The smallest absolute Gasteiger partial charge is 0.258 e. The molecule has 0 saturated carbocycles. The van der Waals surface area contributed by atoms with Gasteiger partial charge in [0.05, 0.1) is 4.92 Å². The zero-order chi connectivity index (χ0) is 12.4. The maximum Gasteiger partial charge on any atom is 0.270 e. The summed E-state index contributed by atoms with van der Waals surface area (Å²) in [6.45, 7) is 0. The standard InChI is InChI=1S/C12H7F2NO2/c13-9-4-5-12(14)11(7-9)8-2-1-3-10(6-8)15(16)17/h1-7H. The van der Waals surface area contributed by atoms with Gasteiger partial charge in [0, 0.05) is 17.7 Å². The van der Waals surface area contributed by atoms with Crippen molar-refractivity contribution in [2.24, 2.45) is 0 Å². The molecule has 3 nitrogen and oxygen atoms in total. The van der Waals surface area contributed by atoms with Gasteiger partial charge >= 0.3 is 0 Å². The highest BCUT2D eigenvalue weighted by molar-refractivity contribution is 5.66. The minimum atomic E-state index is -0.619. The maximum atomic E-state index is 13.5. The molecule has 0 spiro atoms. The third-order valence-electron chi connectivity index (χ3n) is 2.30. The quantitative estimate of drug-likeness (QED) is 0.590. The van der Waals surface area contributed by atoms with E-state index in [9.17, 15) is 18.9 Å². The molecule has 0 heterocycles. The number of benzene rings is 2. The van der Waals surface area contributed by atoms with Gasteiger partial charge in [-0.25, -0.2) is 8.78 Å². The van der Waals surface area contributed by atoms with Crippen LogP contribution in [0.1, 0.15) is 0 Å². The second kappa shape index (κ2) is 4.29. The van der Waals surface area contributed by atoms with Crippen LogP contribution in [0.5, 0.6) is 0 Å². The normalized spacial score (nSPS) is 10.2. The summed E-state index contributed by atoms with van der Waals surface area (Å²) in [5.41, 5.74) is 0.121. The van der Waals surface area contributed by atoms with Gasteiger partial charge in [0.1, 0.15) is 11.6 Å². The summed E-state index contributed by atoms with van der Waals surface area (Å²) >= 11 is 0. The number of non-ortho nitro benzene ring substituents is 1. The van der Waals surface area contributed by atoms with Crippen LogP contribution >= 0.6 is 0 Å². The second-order valence-corrected chi connectivity index (χ2v) is 3.43. The van der Waals surface area contributed by atoms with Crippen LogP contribution in [0.15, 0.2) is 42.5 Å². The lowest BCUT2D eigenvalue weighted by atomic mass is 10.0. The third-order valence-corrected chi connectivity index (χ3v) is 2.30. The number of halogens is 2. The van der Waals surface area contributed by atoms with E-state index in [0.29, 0.717) is 0 Å². The van der Waals surface area contributed by atoms with E-state index in [1.54, 1.807) is 0 Å². The van der Waals surface area contributed by atoms with Gasteiger partial charge in [0.15, 0.2) is 0 Å². The number of nitro benzene ring substituents is 1. The van der Waals surface area contributed by atoms with Crippen molar-refractivity contribution in [3.05, 3.63) is 64.2 Å². The molecule has 0 aliphatic heterocycles. The van der Waals surface area contributed by atoms with E-state index in [4.69, 9.17) is 0 Å². The molecule has 2 rings (SSSR count). The first-order chi connectivity index (χ1) is 8.08. The number of nitrogens with zero attached hydrogens (tertiary/aromatic N) is 1. The summed E-state index contributed by atoms with van der Waals surface area (Å²) in [6.07, 6.45) is 0.